The molecule has 1 aliphatic heterocycles. The summed E-state index contributed by atoms with van der Waals surface area (Å²) in [6, 6.07) is 6.40. The standard InChI is InChI=1S/C11H12OS/c1-8(12)6-9-2-3-10-4-5-13-11(10)7-9/h2-3,7H,4-6H2,1H3. The number of fused-ring (bicyclic) bond motifs is 1. The molecule has 2 heteroatoms. The van der Waals surface area contributed by atoms with Crippen LogP contribution in [0.4, 0.5) is 0 Å². The van der Waals surface area contributed by atoms with Crippen molar-refractivity contribution in [2.24, 2.45) is 0 Å². The molecule has 0 atom stereocenters. The summed E-state index contributed by atoms with van der Waals surface area (Å²) in [6.07, 6.45) is 1.76. The zero-order valence-corrected chi connectivity index (χ0v) is 8.49. The molecule has 1 aromatic rings. The molecule has 0 radical (unpaired) electrons. The first-order valence-corrected chi connectivity index (χ1v) is 5.48. The fourth-order valence-electron chi connectivity index (χ4n) is 1.61. The highest BCUT2D eigenvalue weighted by molar-refractivity contribution is 7.99. The summed E-state index contributed by atoms with van der Waals surface area (Å²) < 4.78 is 0. The van der Waals surface area contributed by atoms with Gasteiger partial charge >= 0.3 is 0 Å². The van der Waals surface area contributed by atoms with Crippen molar-refractivity contribution in [3.8, 4) is 0 Å². The Morgan fingerprint density at radius 1 is 1.54 bits per heavy atom. The van der Waals surface area contributed by atoms with E-state index in [0.717, 1.165) is 5.56 Å². The van der Waals surface area contributed by atoms with Crippen LogP contribution in [-0.2, 0) is 17.6 Å². The Hall–Kier alpha value is -0.760. The van der Waals surface area contributed by atoms with E-state index in [1.54, 1.807) is 6.92 Å². The van der Waals surface area contributed by atoms with Gasteiger partial charge in [-0.2, -0.15) is 0 Å². The van der Waals surface area contributed by atoms with Gasteiger partial charge in [0.25, 0.3) is 0 Å². The highest BCUT2D eigenvalue weighted by Gasteiger charge is 2.11. The first-order chi connectivity index (χ1) is 6.25. The molecule has 0 fully saturated rings. The molecule has 0 unspecified atom stereocenters. The molecule has 2 rings (SSSR count). The number of thioether (sulfide) groups is 1. The lowest BCUT2D eigenvalue weighted by molar-refractivity contribution is -0.116. The lowest BCUT2D eigenvalue weighted by Crippen LogP contribution is -1.96. The molecule has 1 nitrogen and oxygen atoms in total. The Bertz CT molecular complexity index is 344. The van der Waals surface area contributed by atoms with Crippen molar-refractivity contribution in [1.29, 1.82) is 0 Å². The van der Waals surface area contributed by atoms with E-state index in [1.807, 2.05) is 11.8 Å². The van der Waals surface area contributed by atoms with Crippen molar-refractivity contribution >= 4 is 17.5 Å². The van der Waals surface area contributed by atoms with Gasteiger partial charge < -0.3 is 0 Å². The number of hydrogen-bond acceptors (Lipinski definition) is 2. The Balaban J connectivity index is 2.25. The number of aryl methyl sites for hydroxylation is 1. The molecule has 0 amide bonds. The number of ketones is 1. The van der Waals surface area contributed by atoms with E-state index < -0.39 is 0 Å². The van der Waals surface area contributed by atoms with Crippen LogP contribution in [0.3, 0.4) is 0 Å². The number of rotatable bonds is 2. The SMILES string of the molecule is CC(=O)Cc1ccc2c(c1)SCC2. The van der Waals surface area contributed by atoms with E-state index in [0.29, 0.717) is 6.42 Å². The summed E-state index contributed by atoms with van der Waals surface area (Å²) >= 11 is 1.90. The summed E-state index contributed by atoms with van der Waals surface area (Å²) in [4.78, 5) is 12.3. The van der Waals surface area contributed by atoms with Crippen LogP contribution < -0.4 is 0 Å². The highest BCUT2D eigenvalue weighted by Crippen LogP contribution is 2.31. The van der Waals surface area contributed by atoms with Crippen molar-refractivity contribution in [2.45, 2.75) is 24.7 Å². The average Bonchev–Trinajstić information content (AvgIpc) is 2.49. The van der Waals surface area contributed by atoms with Gasteiger partial charge in [-0.3, -0.25) is 4.79 Å². The van der Waals surface area contributed by atoms with Crippen LogP contribution in [0.1, 0.15) is 18.1 Å². The molecule has 0 aliphatic carbocycles. The van der Waals surface area contributed by atoms with Crippen molar-refractivity contribution < 1.29 is 4.79 Å². The second kappa shape index (κ2) is 3.54. The molecular weight excluding hydrogens is 180 g/mol. The van der Waals surface area contributed by atoms with Crippen molar-refractivity contribution in [3.63, 3.8) is 0 Å². The van der Waals surface area contributed by atoms with Gasteiger partial charge in [-0.05, 0) is 30.5 Å². The molecule has 68 valence electrons. The van der Waals surface area contributed by atoms with Gasteiger partial charge in [-0.25, -0.2) is 0 Å². The van der Waals surface area contributed by atoms with Gasteiger partial charge in [0.05, 0.1) is 0 Å². The molecule has 0 aromatic heterocycles. The predicted octanol–water partition coefficient (Wildman–Crippen LogP) is 2.47. The smallest absolute Gasteiger partial charge is 0.134 e. The van der Waals surface area contributed by atoms with Crippen molar-refractivity contribution in [2.75, 3.05) is 5.75 Å². The van der Waals surface area contributed by atoms with E-state index in [9.17, 15) is 4.79 Å². The van der Waals surface area contributed by atoms with Gasteiger partial charge in [-0.1, -0.05) is 12.1 Å². The van der Waals surface area contributed by atoms with Crippen molar-refractivity contribution in [3.05, 3.63) is 29.3 Å². The molecular formula is C11H12OS. The quantitative estimate of drug-likeness (QED) is 0.716. The maximum atomic E-state index is 10.9. The number of Topliss-reactive ketones (excluding diaryl/α,β-unsaturated/α-hetero) is 1. The van der Waals surface area contributed by atoms with Gasteiger partial charge in [-0.15, -0.1) is 11.8 Å². The number of carbonyl (C=O) groups is 1. The number of benzene rings is 1. The van der Waals surface area contributed by atoms with E-state index in [4.69, 9.17) is 0 Å². The van der Waals surface area contributed by atoms with Crippen LogP contribution in [0.25, 0.3) is 0 Å². The van der Waals surface area contributed by atoms with Crippen molar-refractivity contribution in [1.82, 2.24) is 0 Å². The number of hydrogen-bond donors (Lipinski definition) is 0. The molecule has 0 saturated heterocycles. The van der Waals surface area contributed by atoms with Crippen LogP contribution in [0, 0.1) is 0 Å². The van der Waals surface area contributed by atoms with E-state index in [-0.39, 0.29) is 5.78 Å². The topological polar surface area (TPSA) is 17.1 Å². The van der Waals surface area contributed by atoms with Gasteiger partial charge in [0.1, 0.15) is 5.78 Å². The monoisotopic (exact) mass is 192 g/mol. The Kier molecular flexibility index (Phi) is 2.40. The summed E-state index contributed by atoms with van der Waals surface area (Å²) in [5.74, 6) is 1.43. The zero-order valence-electron chi connectivity index (χ0n) is 7.67. The summed E-state index contributed by atoms with van der Waals surface area (Å²) in [6.45, 7) is 1.64. The average molecular weight is 192 g/mol. The first kappa shape index (κ1) is 8.82. The van der Waals surface area contributed by atoms with Crippen LogP contribution in [-0.4, -0.2) is 11.5 Å². The normalized spacial score (nSPS) is 14.2. The van der Waals surface area contributed by atoms with Crippen LogP contribution >= 0.6 is 11.8 Å². The minimum Gasteiger partial charge on any atom is -0.300 e. The van der Waals surface area contributed by atoms with Crippen LogP contribution in [0.2, 0.25) is 0 Å². The second-order valence-corrected chi connectivity index (χ2v) is 4.56. The van der Waals surface area contributed by atoms with Crippen LogP contribution in [0.15, 0.2) is 23.1 Å². The van der Waals surface area contributed by atoms with Gasteiger partial charge in [0.2, 0.25) is 0 Å². The fourth-order valence-corrected chi connectivity index (χ4v) is 2.74. The Labute approximate surface area is 82.5 Å². The highest BCUT2D eigenvalue weighted by atomic mass is 32.2. The molecule has 0 bridgehead atoms. The van der Waals surface area contributed by atoms with E-state index in [1.165, 1.54) is 22.6 Å². The molecule has 0 N–H and O–H groups in total. The number of carbonyl (C=O) groups excluding carboxylic acids is 1. The molecule has 0 saturated carbocycles. The summed E-state index contributed by atoms with van der Waals surface area (Å²) in [5.41, 5.74) is 2.60. The van der Waals surface area contributed by atoms with Crippen LogP contribution in [0.5, 0.6) is 0 Å². The van der Waals surface area contributed by atoms with E-state index >= 15 is 0 Å². The maximum Gasteiger partial charge on any atom is 0.134 e. The Morgan fingerprint density at radius 2 is 2.38 bits per heavy atom. The maximum absolute atomic E-state index is 10.9. The summed E-state index contributed by atoms with van der Waals surface area (Å²) in [5, 5.41) is 0. The lowest BCUT2D eigenvalue weighted by Gasteiger charge is -2.01. The van der Waals surface area contributed by atoms with Gasteiger partial charge in [0, 0.05) is 17.1 Å². The summed E-state index contributed by atoms with van der Waals surface area (Å²) in [7, 11) is 0. The molecule has 1 aromatic carbocycles. The minimum atomic E-state index is 0.239. The molecule has 1 aliphatic rings. The third-order valence-corrected chi connectivity index (χ3v) is 3.31. The third-order valence-electron chi connectivity index (χ3n) is 2.21. The second-order valence-electron chi connectivity index (χ2n) is 3.42. The Morgan fingerprint density at radius 3 is 3.15 bits per heavy atom. The molecule has 1 heterocycles. The fraction of sp³-hybridized carbons (Fsp3) is 0.364. The largest absolute Gasteiger partial charge is 0.300 e. The lowest BCUT2D eigenvalue weighted by atomic mass is 10.1. The zero-order chi connectivity index (χ0) is 9.26. The molecule has 0 spiro atoms. The van der Waals surface area contributed by atoms with Gasteiger partial charge in [0.15, 0.2) is 0 Å². The third kappa shape index (κ3) is 1.94. The molecule has 13 heavy (non-hydrogen) atoms. The minimum absolute atomic E-state index is 0.239. The predicted molar refractivity (Wildman–Crippen MR) is 55.3 cm³/mol. The van der Waals surface area contributed by atoms with E-state index in [2.05, 4.69) is 18.2 Å². The first-order valence-electron chi connectivity index (χ1n) is 4.50.